The molecule has 0 aliphatic rings. The van der Waals surface area contributed by atoms with E-state index in [0.717, 1.165) is 4.47 Å². The summed E-state index contributed by atoms with van der Waals surface area (Å²) in [4.78, 5) is -0.371. The zero-order valence-electron chi connectivity index (χ0n) is 11.1. The third-order valence-electron chi connectivity index (χ3n) is 2.76. The average molecular weight is 398 g/mol. The van der Waals surface area contributed by atoms with Gasteiger partial charge in [0.1, 0.15) is 6.07 Å². The Morgan fingerprint density at radius 1 is 1.18 bits per heavy atom. The SMILES string of the molecule is N#CC(=CNc1ccccc1Br)S(=O)(=O)c1ccc(Cl)cc1. The fourth-order valence-electron chi connectivity index (χ4n) is 1.63. The number of nitrogens with zero attached hydrogens (tertiary/aromatic N) is 1. The molecule has 22 heavy (non-hydrogen) atoms. The van der Waals surface area contributed by atoms with Crippen molar-refractivity contribution in [2.75, 3.05) is 5.32 Å². The first kappa shape index (κ1) is 16.6. The Morgan fingerprint density at radius 3 is 2.41 bits per heavy atom. The Hall–Kier alpha value is -1.81. The van der Waals surface area contributed by atoms with Crippen molar-refractivity contribution in [3.63, 3.8) is 0 Å². The lowest BCUT2D eigenvalue weighted by molar-refractivity contribution is 0.603. The number of para-hydroxylation sites is 1. The van der Waals surface area contributed by atoms with Crippen LogP contribution in [0.25, 0.3) is 0 Å². The quantitative estimate of drug-likeness (QED) is 0.779. The minimum Gasteiger partial charge on any atom is -0.359 e. The molecule has 0 saturated carbocycles. The first-order valence-electron chi connectivity index (χ1n) is 6.07. The summed E-state index contributed by atoms with van der Waals surface area (Å²) >= 11 is 9.07. The van der Waals surface area contributed by atoms with Gasteiger partial charge in [0.15, 0.2) is 4.91 Å². The van der Waals surface area contributed by atoms with Crippen LogP contribution in [0, 0.1) is 11.3 Å². The lowest BCUT2D eigenvalue weighted by Crippen LogP contribution is -2.05. The normalized spacial score (nSPS) is 11.8. The number of hydrogen-bond acceptors (Lipinski definition) is 4. The summed E-state index contributed by atoms with van der Waals surface area (Å²) in [6.07, 6.45) is 1.17. The second-order valence-electron chi connectivity index (χ2n) is 4.20. The van der Waals surface area contributed by atoms with Crippen LogP contribution < -0.4 is 5.32 Å². The molecule has 0 atom stereocenters. The number of allylic oxidation sites excluding steroid dienone is 1. The molecule has 0 amide bonds. The maximum Gasteiger partial charge on any atom is 0.218 e. The fourth-order valence-corrected chi connectivity index (χ4v) is 3.24. The van der Waals surface area contributed by atoms with Gasteiger partial charge in [-0.3, -0.25) is 0 Å². The molecule has 0 saturated heterocycles. The van der Waals surface area contributed by atoms with Gasteiger partial charge in [-0.25, -0.2) is 8.42 Å². The molecule has 0 unspecified atom stereocenters. The molecule has 4 nitrogen and oxygen atoms in total. The molecule has 2 aromatic rings. The lowest BCUT2D eigenvalue weighted by Gasteiger charge is -2.06. The highest BCUT2D eigenvalue weighted by Crippen LogP contribution is 2.24. The summed E-state index contributed by atoms with van der Waals surface area (Å²) in [6, 6.07) is 14.5. The van der Waals surface area contributed by atoms with Crippen molar-refractivity contribution >= 4 is 43.1 Å². The largest absolute Gasteiger partial charge is 0.359 e. The van der Waals surface area contributed by atoms with Crippen LogP contribution in [-0.2, 0) is 9.84 Å². The summed E-state index contributed by atoms with van der Waals surface area (Å²) in [5.74, 6) is 0. The van der Waals surface area contributed by atoms with E-state index in [1.807, 2.05) is 6.07 Å². The molecule has 0 aromatic heterocycles. The van der Waals surface area contributed by atoms with Crippen molar-refractivity contribution in [3.8, 4) is 6.07 Å². The standard InChI is InChI=1S/C15H10BrClN2O2S/c16-14-3-1-2-4-15(14)19-10-13(9-18)22(20,21)12-7-5-11(17)6-8-12/h1-8,10,19H. The van der Waals surface area contributed by atoms with E-state index in [0.29, 0.717) is 10.7 Å². The van der Waals surface area contributed by atoms with Crippen molar-refractivity contribution in [2.45, 2.75) is 4.90 Å². The zero-order chi connectivity index (χ0) is 16.2. The molecule has 1 N–H and O–H groups in total. The highest BCUT2D eigenvalue weighted by atomic mass is 79.9. The Kier molecular flexibility index (Phi) is 5.24. The molecular weight excluding hydrogens is 388 g/mol. The number of rotatable bonds is 4. The van der Waals surface area contributed by atoms with Gasteiger partial charge in [0.25, 0.3) is 0 Å². The molecule has 0 aliphatic carbocycles. The second-order valence-corrected chi connectivity index (χ2v) is 7.41. The van der Waals surface area contributed by atoms with Crippen molar-refractivity contribution in [1.29, 1.82) is 5.26 Å². The van der Waals surface area contributed by atoms with Gasteiger partial charge in [0.05, 0.1) is 10.6 Å². The number of anilines is 1. The Bertz CT molecular complexity index is 856. The van der Waals surface area contributed by atoms with Crippen LogP contribution in [-0.4, -0.2) is 8.42 Å². The molecular formula is C15H10BrClN2O2S. The lowest BCUT2D eigenvalue weighted by atomic mass is 10.3. The van der Waals surface area contributed by atoms with Gasteiger partial charge in [-0.15, -0.1) is 0 Å². The number of sulfone groups is 1. The summed E-state index contributed by atoms with van der Waals surface area (Å²) in [5.41, 5.74) is 0.654. The van der Waals surface area contributed by atoms with Crippen molar-refractivity contribution < 1.29 is 8.42 Å². The molecule has 7 heteroatoms. The number of nitrogens with one attached hydrogen (secondary N) is 1. The van der Waals surface area contributed by atoms with E-state index in [1.165, 1.54) is 30.5 Å². The number of nitriles is 1. The number of halogens is 2. The molecule has 0 bridgehead atoms. The molecule has 0 radical (unpaired) electrons. The minimum atomic E-state index is -3.89. The van der Waals surface area contributed by atoms with E-state index in [2.05, 4.69) is 21.2 Å². The smallest absolute Gasteiger partial charge is 0.218 e. The fraction of sp³-hybridized carbons (Fsp3) is 0. The van der Waals surface area contributed by atoms with Crippen molar-refractivity contribution in [2.24, 2.45) is 0 Å². The van der Waals surface area contributed by atoms with Gasteiger partial charge >= 0.3 is 0 Å². The van der Waals surface area contributed by atoms with Crippen LogP contribution in [0.2, 0.25) is 5.02 Å². The Labute approximate surface area is 142 Å². The molecule has 112 valence electrons. The zero-order valence-corrected chi connectivity index (χ0v) is 14.3. The van der Waals surface area contributed by atoms with E-state index in [9.17, 15) is 8.42 Å². The summed E-state index contributed by atoms with van der Waals surface area (Å²) in [7, 11) is -3.89. The van der Waals surface area contributed by atoms with Gasteiger partial charge < -0.3 is 5.32 Å². The highest BCUT2D eigenvalue weighted by molar-refractivity contribution is 9.10. The van der Waals surface area contributed by atoms with E-state index in [-0.39, 0.29) is 9.80 Å². The maximum atomic E-state index is 12.4. The van der Waals surface area contributed by atoms with E-state index < -0.39 is 9.84 Å². The molecule has 0 heterocycles. The third-order valence-corrected chi connectivity index (χ3v) is 5.38. The van der Waals surface area contributed by atoms with E-state index in [1.54, 1.807) is 24.3 Å². The molecule has 0 spiro atoms. The van der Waals surface area contributed by atoms with Crippen molar-refractivity contribution in [1.82, 2.24) is 0 Å². The summed E-state index contributed by atoms with van der Waals surface area (Å²) in [6.45, 7) is 0. The minimum absolute atomic E-state index is 0.0126. The van der Waals surface area contributed by atoms with Crippen LogP contribution in [0.15, 0.2) is 69.0 Å². The molecule has 2 rings (SSSR count). The summed E-state index contributed by atoms with van der Waals surface area (Å²) in [5, 5.41) is 12.4. The second kappa shape index (κ2) is 6.97. The predicted octanol–water partition coefficient (Wildman–Crippen LogP) is 4.35. The summed E-state index contributed by atoms with van der Waals surface area (Å²) < 4.78 is 25.5. The van der Waals surface area contributed by atoms with Crippen LogP contribution in [0.1, 0.15) is 0 Å². The van der Waals surface area contributed by atoms with Crippen molar-refractivity contribution in [3.05, 3.63) is 69.1 Å². The van der Waals surface area contributed by atoms with Gasteiger partial charge in [0, 0.05) is 15.7 Å². The van der Waals surface area contributed by atoms with Gasteiger partial charge in [-0.2, -0.15) is 5.26 Å². The van der Waals surface area contributed by atoms with Crippen LogP contribution >= 0.6 is 27.5 Å². The van der Waals surface area contributed by atoms with Crippen LogP contribution in [0.3, 0.4) is 0 Å². The topological polar surface area (TPSA) is 70.0 Å². The Balaban J connectivity index is 2.35. The van der Waals surface area contributed by atoms with E-state index >= 15 is 0 Å². The van der Waals surface area contributed by atoms with Gasteiger partial charge in [0.2, 0.25) is 9.84 Å². The van der Waals surface area contributed by atoms with E-state index in [4.69, 9.17) is 16.9 Å². The van der Waals surface area contributed by atoms with Gasteiger partial charge in [-0.1, -0.05) is 23.7 Å². The average Bonchev–Trinajstić information content (AvgIpc) is 2.50. The molecule has 0 fully saturated rings. The first-order chi connectivity index (χ1) is 10.4. The van der Waals surface area contributed by atoms with Crippen LogP contribution in [0.5, 0.6) is 0 Å². The first-order valence-corrected chi connectivity index (χ1v) is 8.72. The predicted molar refractivity (Wildman–Crippen MR) is 90.1 cm³/mol. The molecule has 2 aromatic carbocycles. The molecule has 0 aliphatic heterocycles. The van der Waals surface area contributed by atoms with Gasteiger partial charge in [-0.05, 0) is 52.3 Å². The maximum absolute atomic E-state index is 12.4. The number of benzene rings is 2. The highest BCUT2D eigenvalue weighted by Gasteiger charge is 2.20. The number of hydrogen-bond donors (Lipinski definition) is 1. The monoisotopic (exact) mass is 396 g/mol. The van der Waals surface area contributed by atoms with Crippen LogP contribution in [0.4, 0.5) is 5.69 Å². The third kappa shape index (κ3) is 3.69. The Morgan fingerprint density at radius 2 is 1.82 bits per heavy atom.